The van der Waals surface area contributed by atoms with Gasteiger partial charge in [0.25, 0.3) is 6.02 Å². The van der Waals surface area contributed by atoms with Crippen LogP contribution in [0.3, 0.4) is 0 Å². The van der Waals surface area contributed by atoms with Gasteiger partial charge in [0.05, 0.1) is 24.2 Å². The lowest BCUT2D eigenvalue weighted by Crippen LogP contribution is -2.38. The number of amidine groups is 1. The molecule has 3 aromatic rings. The van der Waals surface area contributed by atoms with Crippen molar-refractivity contribution in [3.8, 4) is 34.6 Å². The minimum absolute atomic E-state index is 0.0956. The second-order valence-electron chi connectivity index (χ2n) is 8.66. The molecule has 0 unspecified atom stereocenters. The molecule has 1 saturated heterocycles. The van der Waals surface area contributed by atoms with E-state index in [2.05, 4.69) is 28.7 Å². The number of hydrogen-bond donors (Lipinski definition) is 1. The van der Waals surface area contributed by atoms with Gasteiger partial charge >= 0.3 is 0 Å². The first kappa shape index (κ1) is 19.7. The maximum Gasteiger partial charge on any atom is 0.283 e. The highest BCUT2D eigenvalue weighted by molar-refractivity contribution is 5.77. The standard InChI is InChI=1S/C25H19FN4O3/c1-24(12-31-13-24)7-6-15-8-19-22(29-10-15)33-20-4-2-16(17-3-5-21(26)28-11-17)9-18(20)25(19)14-32-23(27)30-25/h2-5,8-11H,12-14H2,1H3,(H2,27,30)/t25-/m0/s1. The van der Waals surface area contributed by atoms with Gasteiger partial charge < -0.3 is 19.9 Å². The van der Waals surface area contributed by atoms with Crippen LogP contribution < -0.4 is 10.5 Å². The molecule has 2 aromatic heterocycles. The van der Waals surface area contributed by atoms with Crippen LogP contribution in [-0.2, 0) is 15.0 Å². The smallest absolute Gasteiger partial charge is 0.283 e. The van der Waals surface area contributed by atoms with Gasteiger partial charge in [0.15, 0.2) is 5.54 Å². The molecule has 7 nitrogen and oxygen atoms in total. The molecule has 164 valence electrons. The number of halogens is 1. The van der Waals surface area contributed by atoms with Gasteiger partial charge in [-0.05, 0) is 42.8 Å². The van der Waals surface area contributed by atoms with Gasteiger partial charge in [0.1, 0.15) is 12.4 Å². The molecule has 0 aliphatic carbocycles. The number of nitrogens with two attached hydrogens (primary N) is 1. The van der Waals surface area contributed by atoms with Crippen molar-refractivity contribution in [2.45, 2.75) is 12.5 Å². The average Bonchev–Trinajstić information content (AvgIpc) is 3.19. The van der Waals surface area contributed by atoms with Crippen molar-refractivity contribution in [3.05, 3.63) is 71.4 Å². The molecule has 1 spiro atoms. The van der Waals surface area contributed by atoms with E-state index in [1.54, 1.807) is 12.3 Å². The van der Waals surface area contributed by atoms with E-state index in [1.165, 1.54) is 12.3 Å². The summed E-state index contributed by atoms with van der Waals surface area (Å²) < 4.78 is 30.4. The Labute approximate surface area is 189 Å². The number of fused-ring (bicyclic) bond motifs is 4. The molecule has 0 saturated carbocycles. The summed E-state index contributed by atoms with van der Waals surface area (Å²) in [5.41, 5.74) is 8.77. The van der Waals surface area contributed by atoms with Gasteiger partial charge in [0, 0.05) is 29.1 Å². The number of hydrogen-bond acceptors (Lipinski definition) is 7. The maximum absolute atomic E-state index is 13.3. The maximum atomic E-state index is 13.3. The minimum Gasteiger partial charge on any atom is -0.462 e. The fourth-order valence-electron chi connectivity index (χ4n) is 4.23. The fourth-order valence-corrected chi connectivity index (χ4v) is 4.23. The SMILES string of the molecule is CC1(C#Cc2cnc3c(c2)[C@]2(COC(N)=N2)c2cc(-c4ccc(F)nc4)ccc2O3)COC1. The largest absolute Gasteiger partial charge is 0.462 e. The molecule has 3 aliphatic heterocycles. The lowest BCUT2D eigenvalue weighted by atomic mass is 9.81. The summed E-state index contributed by atoms with van der Waals surface area (Å²) in [7, 11) is 0. The van der Waals surface area contributed by atoms with E-state index < -0.39 is 11.5 Å². The van der Waals surface area contributed by atoms with E-state index in [0.29, 0.717) is 24.8 Å². The van der Waals surface area contributed by atoms with Crippen LogP contribution >= 0.6 is 0 Å². The summed E-state index contributed by atoms with van der Waals surface area (Å²) in [5, 5.41) is 0. The summed E-state index contributed by atoms with van der Waals surface area (Å²) in [4.78, 5) is 13.0. The molecule has 0 bridgehead atoms. The van der Waals surface area contributed by atoms with Crippen molar-refractivity contribution < 1.29 is 18.6 Å². The second-order valence-corrected chi connectivity index (χ2v) is 8.66. The van der Waals surface area contributed by atoms with Crippen LogP contribution in [0.25, 0.3) is 11.1 Å². The third-order valence-electron chi connectivity index (χ3n) is 6.07. The number of ether oxygens (including phenoxy) is 3. The Balaban J connectivity index is 1.48. The van der Waals surface area contributed by atoms with Crippen molar-refractivity contribution >= 4 is 6.02 Å². The molecule has 33 heavy (non-hydrogen) atoms. The van der Waals surface area contributed by atoms with E-state index in [4.69, 9.17) is 24.9 Å². The quantitative estimate of drug-likeness (QED) is 0.459. The molecular formula is C25H19FN4O3. The van der Waals surface area contributed by atoms with E-state index in [0.717, 1.165) is 27.8 Å². The van der Waals surface area contributed by atoms with E-state index in [9.17, 15) is 4.39 Å². The molecule has 6 rings (SSSR count). The molecule has 0 amide bonds. The predicted molar refractivity (Wildman–Crippen MR) is 118 cm³/mol. The highest BCUT2D eigenvalue weighted by Crippen LogP contribution is 2.51. The molecule has 5 heterocycles. The van der Waals surface area contributed by atoms with Gasteiger partial charge in [-0.3, -0.25) is 0 Å². The van der Waals surface area contributed by atoms with Crippen LogP contribution in [0.4, 0.5) is 4.39 Å². The zero-order valence-corrected chi connectivity index (χ0v) is 17.8. The van der Waals surface area contributed by atoms with Gasteiger partial charge in [-0.1, -0.05) is 17.9 Å². The van der Waals surface area contributed by atoms with Crippen LogP contribution in [0, 0.1) is 23.2 Å². The van der Waals surface area contributed by atoms with E-state index in [-0.39, 0.29) is 18.0 Å². The van der Waals surface area contributed by atoms with Crippen LogP contribution in [0.5, 0.6) is 11.6 Å². The third-order valence-corrected chi connectivity index (χ3v) is 6.07. The third kappa shape index (κ3) is 3.20. The number of nitrogens with zero attached hydrogens (tertiary/aromatic N) is 3. The molecule has 1 aromatic carbocycles. The Morgan fingerprint density at radius 3 is 2.55 bits per heavy atom. The first-order valence-corrected chi connectivity index (χ1v) is 10.5. The molecule has 8 heteroatoms. The number of aromatic nitrogens is 2. The topological polar surface area (TPSA) is 91.9 Å². The Kier molecular flexibility index (Phi) is 4.19. The first-order valence-electron chi connectivity index (χ1n) is 10.5. The predicted octanol–water partition coefficient (Wildman–Crippen LogP) is 3.36. The average molecular weight is 442 g/mol. The normalized spacial score (nSPS) is 21.5. The number of pyridine rings is 2. The van der Waals surface area contributed by atoms with E-state index >= 15 is 0 Å². The van der Waals surface area contributed by atoms with Crippen molar-refractivity contribution in [1.29, 1.82) is 0 Å². The second kappa shape index (κ2) is 7.02. The molecule has 0 radical (unpaired) electrons. The lowest BCUT2D eigenvalue weighted by Gasteiger charge is -2.33. The fraction of sp³-hybridized carbons (Fsp3) is 0.240. The van der Waals surface area contributed by atoms with Crippen molar-refractivity contribution in [1.82, 2.24) is 9.97 Å². The number of aliphatic imine (C=N–C) groups is 1. The van der Waals surface area contributed by atoms with Crippen LogP contribution in [0.15, 0.2) is 53.8 Å². The summed E-state index contributed by atoms with van der Waals surface area (Å²) >= 11 is 0. The highest BCUT2D eigenvalue weighted by Gasteiger charge is 2.47. The van der Waals surface area contributed by atoms with Crippen molar-refractivity contribution in [2.24, 2.45) is 16.1 Å². The zero-order chi connectivity index (χ0) is 22.6. The zero-order valence-electron chi connectivity index (χ0n) is 17.8. The summed E-state index contributed by atoms with van der Waals surface area (Å²) in [6.45, 7) is 3.51. The summed E-state index contributed by atoms with van der Waals surface area (Å²) in [6.07, 6.45) is 3.18. The summed E-state index contributed by atoms with van der Waals surface area (Å²) in [5.74, 6) is 6.99. The molecule has 1 fully saturated rings. The Hall–Kier alpha value is -3.96. The molecule has 3 aliphatic rings. The van der Waals surface area contributed by atoms with Crippen molar-refractivity contribution in [2.75, 3.05) is 19.8 Å². The van der Waals surface area contributed by atoms with Crippen LogP contribution in [0.2, 0.25) is 0 Å². The molecule has 1 atom stereocenters. The van der Waals surface area contributed by atoms with Crippen LogP contribution in [-0.4, -0.2) is 35.8 Å². The van der Waals surface area contributed by atoms with Gasteiger partial charge in [-0.2, -0.15) is 4.39 Å². The highest BCUT2D eigenvalue weighted by atomic mass is 19.1. The van der Waals surface area contributed by atoms with Crippen molar-refractivity contribution in [3.63, 3.8) is 0 Å². The van der Waals surface area contributed by atoms with Gasteiger partial charge in [-0.15, -0.1) is 0 Å². The van der Waals surface area contributed by atoms with Gasteiger partial charge in [0.2, 0.25) is 11.8 Å². The van der Waals surface area contributed by atoms with Crippen LogP contribution in [0.1, 0.15) is 23.6 Å². The molecular weight excluding hydrogens is 423 g/mol. The lowest BCUT2D eigenvalue weighted by molar-refractivity contribution is -0.0648. The Bertz CT molecular complexity index is 1370. The number of rotatable bonds is 1. The summed E-state index contributed by atoms with van der Waals surface area (Å²) in [6, 6.07) is 10.7. The molecule has 2 N–H and O–H groups in total. The van der Waals surface area contributed by atoms with E-state index in [1.807, 2.05) is 24.3 Å². The number of benzene rings is 1. The first-order chi connectivity index (χ1) is 15.9. The Morgan fingerprint density at radius 2 is 1.85 bits per heavy atom. The van der Waals surface area contributed by atoms with Gasteiger partial charge in [-0.25, -0.2) is 15.0 Å². The Morgan fingerprint density at radius 1 is 1.00 bits per heavy atom. The minimum atomic E-state index is -0.926. The monoisotopic (exact) mass is 442 g/mol.